The Hall–Kier alpha value is -3.12. The number of imidazole rings is 1. The Kier molecular flexibility index (Phi) is 4.18. The molecule has 26 heavy (non-hydrogen) atoms. The van der Waals surface area contributed by atoms with Gasteiger partial charge in [0.1, 0.15) is 11.4 Å². The number of benzene rings is 1. The number of aryl methyl sites for hydroxylation is 1. The third-order valence-corrected chi connectivity index (χ3v) is 5.09. The van der Waals surface area contributed by atoms with Crippen LogP contribution in [0.15, 0.2) is 60.1 Å². The van der Waals surface area contributed by atoms with Gasteiger partial charge in [0.25, 0.3) is 5.91 Å². The van der Waals surface area contributed by atoms with E-state index in [-0.39, 0.29) is 5.91 Å². The number of nitrogens with zero attached hydrogens (tertiary/aromatic N) is 2. The summed E-state index contributed by atoms with van der Waals surface area (Å²) in [5, 5.41) is 4.82. The van der Waals surface area contributed by atoms with Crippen LogP contribution in [-0.4, -0.2) is 22.4 Å². The van der Waals surface area contributed by atoms with Crippen molar-refractivity contribution >= 4 is 28.6 Å². The molecule has 0 unspecified atom stereocenters. The van der Waals surface area contributed by atoms with Crippen molar-refractivity contribution in [1.29, 1.82) is 0 Å². The zero-order valence-electron chi connectivity index (χ0n) is 14.4. The number of carbonyl (C=O) groups excluding carboxylic acids is 1. The van der Waals surface area contributed by atoms with Crippen molar-refractivity contribution in [2.45, 2.75) is 6.92 Å². The second-order valence-electron chi connectivity index (χ2n) is 5.85. The summed E-state index contributed by atoms with van der Waals surface area (Å²) >= 11 is 1.42. The first-order chi connectivity index (χ1) is 12.7. The molecule has 4 aromatic rings. The van der Waals surface area contributed by atoms with Gasteiger partial charge in [-0.15, -0.1) is 11.3 Å². The summed E-state index contributed by atoms with van der Waals surface area (Å²) in [5.41, 5.74) is 4.52. The molecule has 1 aromatic carbocycles. The quantitative estimate of drug-likeness (QED) is 0.575. The number of aromatic nitrogens is 2. The fourth-order valence-corrected chi connectivity index (χ4v) is 3.48. The fraction of sp³-hybridized carbons (Fsp3) is 0.100. The van der Waals surface area contributed by atoms with Crippen LogP contribution < -0.4 is 10.1 Å². The first-order valence-corrected chi connectivity index (χ1v) is 9.01. The van der Waals surface area contributed by atoms with Gasteiger partial charge in [-0.05, 0) is 54.8 Å². The molecule has 0 fully saturated rings. The van der Waals surface area contributed by atoms with Gasteiger partial charge in [-0.2, -0.15) is 0 Å². The molecule has 4 rings (SSSR count). The molecule has 6 heteroatoms. The molecular formula is C20H17N3O2S. The number of nitrogens with one attached hydrogen (secondary N) is 1. The van der Waals surface area contributed by atoms with Crippen LogP contribution in [0.2, 0.25) is 0 Å². The van der Waals surface area contributed by atoms with Crippen molar-refractivity contribution in [3.05, 3.63) is 70.7 Å². The zero-order valence-corrected chi connectivity index (χ0v) is 15.2. The lowest BCUT2D eigenvalue weighted by Crippen LogP contribution is -2.10. The number of thiophene rings is 1. The van der Waals surface area contributed by atoms with E-state index in [1.807, 2.05) is 71.4 Å². The van der Waals surface area contributed by atoms with Crippen LogP contribution in [0, 0.1) is 6.92 Å². The highest BCUT2D eigenvalue weighted by Crippen LogP contribution is 2.27. The molecule has 3 aromatic heterocycles. The second kappa shape index (κ2) is 6.65. The van der Waals surface area contributed by atoms with Crippen molar-refractivity contribution in [1.82, 2.24) is 9.38 Å². The largest absolute Gasteiger partial charge is 0.497 e. The van der Waals surface area contributed by atoms with Crippen molar-refractivity contribution in [3.8, 4) is 17.0 Å². The third kappa shape index (κ3) is 2.95. The summed E-state index contributed by atoms with van der Waals surface area (Å²) in [4.78, 5) is 17.7. The molecule has 1 N–H and O–H groups in total. The van der Waals surface area contributed by atoms with E-state index in [0.29, 0.717) is 4.88 Å². The molecule has 0 spiro atoms. The average Bonchev–Trinajstić information content (AvgIpc) is 3.31. The van der Waals surface area contributed by atoms with Gasteiger partial charge in [0, 0.05) is 17.5 Å². The molecule has 0 bridgehead atoms. The topological polar surface area (TPSA) is 55.6 Å². The molecule has 0 atom stereocenters. The number of methoxy groups -OCH3 is 1. The highest BCUT2D eigenvalue weighted by Gasteiger charge is 2.12. The Labute approximate surface area is 154 Å². The number of fused-ring (bicyclic) bond motifs is 1. The number of anilines is 1. The van der Waals surface area contributed by atoms with Crippen LogP contribution in [0.25, 0.3) is 16.9 Å². The molecular weight excluding hydrogens is 346 g/mol. The van der Waals surface area contributed by atoms with Crippen molar-refractivity contribution in [2.24, 2.45) is 0 Å². The fourth-order valence-electron chi connectivity index (χ4n) is 2.86. The minimum absolute atomic E-state index is 0.104. The normalized spacial score (nSPS) is 10.8. The predicted octanol–water partition coefficient (Wildman–Crippen LogP) is 4.63. The van der Waals surface area contributed by atoms with E-state index >= 15 is 0 Å². The average molecular weight is 363 g/mol. The van der Waals surface area contributed by atoms with Crippen LogP contribution >= 0.6 is 11.3 Å². The molecule has 0 radical (unpaired) electrons. The number of pyridine rings is 1. The SMILES string of the molecule is COc1ccc(-c2nc3ccc(NC(=O)c4cccs4)cn3c2C)cc1. The second-order valence-corrected chi connectivity index (χ2v) is 6.80. The van der Waals surface area contributed by atoms with Crippen LogP contribution in [0.5, 0.6) is 5.75 Å². The summed E-state index contributed by atoms with van der Waals surface area (Å²) in [6.07, 6.45) is 1.90. The maximum absolute atomic E-state index is 12.2. The molecule has 5 nitrogen and oxygen atoms in total. The Morgan fingerprint density at radius 1 is 1.15 bits per heavy atom. The predicted molar refractivity (Wildman–Crippen MR) is 104 cm³/mol. The van der Waals surface area contributed by atoms with E-state index in [2.05, 4.69) is 5.32 Å². The lowest BCUT2D eigenvalue weighted by molar-refractivity contribution is 0.103. The number of amides is 1. The van der Waals surface area contributed by atoms with E-state index in [1.54, 1.807) is 7.11 Å². The summed E-state index contributed by atoms with van der Waals surface area (Å²) in [6, 6.07) is 15.3. The molecule has 0 aliphatic rings. The van der Waals surface area contributed by atoms with Gasteiger partial charge in [-0.1, -0.05) is 6.07 Å². The zero-order chi connectivity index (χ0) is 18.1. The van der Waals surface area contributed by atoms with Crippen molar-refractivity contribution in [2.75, 3.05) is 12.4 Å². The maximum Gasteiger partial charge on any atom is 0.265 e. The Bertz CT molecular complexity index is 1070. The molecule has 3 heterocycles. The number of rotatable bonds is 4. The first-order valence-electron chi connectivity index (χ1n) is 8.14. The molecule has 0 saturated carbocycles. The summed E-state index contributed by atoms with van der Waals surface area (Å²) < 4.78 is 7.20. The van der Waals surface area contributed by atoms with Gasteiger partial charge in [0.2, 0.25) is 0 Å². The number of hydrogen-bond acceptors (Lipinski definition) is 4. The van der Waals surface area contributed by atoms with Crippen LogP contribution in [-0.2, 0) is 0 Å². The van der Waals surface area contributed by atoms with E-state index in [4.69, 9.17) is 9.72 Å². The minimum atomic E-state index is -0.104. The molecule has 0 aliphatic heterocycles. The van der Waals surface area contributed by atoms with Gasteiger partial charge in [0.15, 0.2) is 0 Å². The lowest BCUT2D eigenvalue weighted by Gasteiger charge is -2.05. The van der Waals surface area contributed by atoms with Crippen molar-refractivity contribution in [3.63, 3.8) is 0 Å². The number of carbonyl (C=O) groups is 1. The highest BCUT2D eigenvalue weighted by molar-refractivity contribution is 7.12. The standard InChI is InChI=1S/C20H17N3O2S/c1-13-19(14-5-8-16(25-2)9-6-14)22-18-10-7-15(12-23(13)18)21-20(24)17-4-3-11-26-17/h3-12H,1-2H3,(H,21,24). The summed E-state index contributed by atoms with van der Waals surface area (Å²) in [5.74, 6) is 0.709. The van der Waals surface area contributed by atoms with E-state index in [9.17, 15) is 4.79 Å². The summed E-state index contributed by atoms with van der Waals surface area (Å²) in [7, 11) is 1.65. The van der Waals surface area contributed by atoms with E-state index < -0.39 is 0 Å². The van der Waals surface area contributed by atoms with Crippen LogP contribution in [0.1, 0.15) is 15.4 Å². The molecule has 1 amide bonds. The van der Waals surface area contributed by atoms with Crippen LogP contribution in [0.3, 0.4) is 0 Å². The molecule has 0 saturated heterocycles. The van der Waals surface area contributed by atoms with Gasteiger partial charge < -0.3 is 14.5 Å². The Morgan fingerprint density at radius 3 is 2.65 bits per heavy atom. The minimum Gasteiger partial charge on any atom is -0.497 e. The Balaban J connectivity index is 1.68. The first kappa shape index (κ1) is 16.4. The monoisotopic (exact) mass is 363 g/mol. The van der Waals surface area contributed by atoms with Gasteiger partial charge >= 0.3 is 0 Å². The number of ether oxygens (including phenoxy) is 1. The van der Waals surface area contributed by atoms with Gasteiger partial charge in [-0.25, -0.2) is 4.98 Å². The molecule has 130 valence electrons. The smallest absolute Gasteiger partial charge is 0.265 e. The maximum atomic E-state index is 12.2. The van der Waals surface area contributed by atoms with Crippen molar-refractivity contribution < 1.29 is 9.53 Å². The number of hydrogen-bond donors (Lipinski definition) is 1. The van der Waals surface area contributed by atoms with E-state index in [1.165, 1.54) is 11.3 Å². The Morgan fingerprint density at radius 2 is 1.96 bits per heavy atom. The van der Waals surface area contributed by atoms with Gasteiger partial charge in [-0.3, -0.25) is 4.79 Å². The molecule has 0 aliphatic carbocycles. The third-order valence-electron chi connectivity index (χ3n) is 4.22. The summed E-state index contributed by atoms with van der Waals surface area (Å²) in [6.45, 7) is 2.02. The lowest BCUT2D eigenvalue weighted by atomic mass is 10.1. The van der Waals surface area contributed by atoms with Gasteiger partial charge in [0.05, 0.1) is 23.4 Å². The van der Waals surface area contributed by atoms with Crippen LogP contribution in [0.4, 0.5) is 5.69 Å². The van der Waals surface area contributed by atoms with E-state index in [0.717, 1.165) is 34.0 Å². The highest BCUT2D eigenvalue weighted by atomic mass is 32.1.